The molecule has 0 saturated carbocycles. The second-order valence-corrected chi connectivity index (χ2v) is 9.48. The van der Waals surface area contributed by atoms with E-state index in [0.717, 1.165) is 24.2 Å². The first kappa shape index (κ1) is 22.6. The van der Waals surface area contributed by atoms with E-state index in [1.54, 1.807) is 28.4 Å². The molecule has 0 N–H and O–H groups in total. The summed E-state index contributed by atoms with van der Waals surface area (Å²) in [4.78, 5) is 30.1. The average Bonchev–Trinajstić information content (AvgIpc) is 3.19. The van der Waals surface area contributed by atoms with Gasteiger partial charge in [0.25, 0.3) is 0 Å². The molecule has 0 radical (unpaired) electrons. The molecule has 1 aromatic heterocycles. The van der Waals surface area contributed by atoms with Gasteiger partial charge in [0.05, 0.1) is 12.6 Å². The topological polar surface area (TPSA) is 49.9 Å². The zero-order chi connectivity index (χ0) is 21.7. The van der Waals surface area contributed by atoms with Crippen molar-refractivity contribution in [2.24, 2.45) is 5.92 Å². The molecule has 0 spiro atoms. The number of hydrogen-bond acceptors (Lipinski definition) is 4. The number of halogens is 1. The molecule has 1 aliphatic rings. The highest BCUT2D eigenvalue weighted by Gasteiger charge is 2.33. The van der Waals surface area contributed by atoms with E-state index < -0.39 is 0 Å². The average molecular weight is 449 g/mol. The van der Waals surface area contributed by atoms with Gasteiger partial charge in [-0.1, -0.05) is 25.4 Å². The summed E-state index contributed by atoms with van der Waals surface area (Å²) in [6.07, 6.45) is 1.72. The normalized spacial score (nSPS) is 15.8. The molecular weight excluding hydrogens is 420 g/mol. The number of thiophene rings is 1. The monoisotopic (exact) mass is 448 g/mol. The van der Waals surface area contributed by atoms with Crippen molar-refractivity contribution >= 4 is 34.8 Å². The molecule has 0 saturated heterocycles. The fourth-order valence-corrected chi connectivity index (χ4v) is 4.65. The van der Waals surface area contributed by atoms with E-state index in [4.69, 9.17) is 16.3 Å². The van der Waals surface area contributed by atoms with E-state index in [1.165, 1.54) is 11.8 Å². The first-order valence-corrected chi connectivity index (χ1v) is 11.6. The lowest BCUT2D eigenvalue weighted by Crippen LogP contribution is -2.47. The van der Waals surface area contributed by atoms with Crippen molar-refractivity contribution in [3.05, 3.63) is 51.2 Å². The van der Waals surface area contributed by atoms with Gasteiger partial charge >= 0.3 is 0 Å². The fourth-order valence-electron chi connectivity index (χ4n) is 3.60. The molecule has 3 rings (SSSR count). The Hall–Kier alpha value is -2.05. The van der Waals surface area contributed by atoms with E-state index in [1.807, 2.05) is 17.0 Å². The number of fused-ring (bicyclic) bond motifs is 1. The van der Waals surface area contributed by atoms with Gasteiger partial charge in [0.15, 0.2) is 0 Å². The van der Waals surface area contributed by atoms with Crippen molar-refractivity contribution in [1.82, 2.24) is 9.80 Å². The number of carbonyl (C=O) groups is 2. The van der Waals surface area contributed by atoms with E-state index >= 15 is 0 Å². The Morgan fingerprint density at radius 2 is 2.00 bits per heavy atom. The van der Waals surface area contributed by atoms with Gasteiger partial charge in [-0.2, -0.15) is 0 Å². The summed E-state index contributed by atoms with van der Waals surface area (Å²) in [6.45, 7) is 7.48. The smallest absolute Gasteiger partial charge is 0.242 e. The van der Waals surface area contributed by atoms with Crippen LogP contribution in [-0.4, -0.2) is 47.9 Å². The Balaban J connectivity index is 1.73. The van der Waals surface area contributed by atoms with Crippen molar-refractivity contribution in [3.8, 4) is 5.75 Å². The maximum absolute atomic E-state index is 13.2. The van der Waals surface area contributed by atoms with Gasteiger partial charge in [-0.25, -0.2) is 0 Å². The molecule has 5 nitrogen and oxygen atoms in total. The van der Waals surface area contributed by atoms with Crippen molar-refractivity contribution < 1.29 is 14.3 Å². The minimum atomic E-state index is -0.165. The molecule has 1 aliphatic heterocycles. The van der Waals surface area contributed by atoms with Crippen LogP contribution in [0.2, 0.25) is 5.02 Å². The molecule has 7 heteroatoms. The van der Waals surface area contributed by atoms with Crippen molar-refractivity contribution in [1.29, 1.82) is 0 Å². The van der Waals surface area contributed by atoms with Crippen LogP contribution in [-0.2, 0) is 16.0 Å². The Morgan fingerprint density at radius 1 is 1.27 bits per heavy atom. The van der Waals surface area contributed by atoms with Crippen molar-refractivity contribution in [2.75, 3.05) is 26.2 Å². The predicted octanol–water partition coefficient (Wildman–Crippen LogP) is 4.80. The first-order chi connectivity index (χ1) is 14.3. The Bertz CT molecular complexity index is 866. The van der Waals surface area contributed by atoms with E-state index in [0.29, 0.717) is 30.6 Å². The SMILES string of the molecule is CC(=O)N(CCC(C)C)CC(=O)N1CCc2sccc2[C@@H]1COc1ccc(Cl)cc1. The number of nitrogens with zero attached hydrogens (tertiary/aromatic N) is 2. The maximum atomic E-state index is 13.2. The third-order valence-corrected chi connectivity index (χ3v) is 6.63. The summed E-state index contributed by atoms with van der Waals surface area (Å²) in [6, 6.07) is 9.15. The first-order valence-electron chi connectivity index (χ1n) is 10.3. The van der Waals surface area contributed by atoms with Gasteiger partial charge in [-0.15, -0.1) is 11.3 Å². The second-order valence-electron chi connectivity index (χ2n) is 8.04. The van der Waals surface area contributed by atoms with Gasteiger partial charge in [0.2, 0.25) is 11.8 Å². The maximum Gasteiger partial charge on any atom is 0.242 e. The number of amides is 2. The van der Waals surface area contributed by atoms with Crippen LogP contribution in [0.15, 0.2) is 35.7 Å². The molecule has 2 amide bonds. The van der Waals surface area contributed by atoms with E-state index in [2.05, 4.69) is 25.3 Å². The van der Waals surface area contributed by atoms with Gasteiger partial charge in [-0.05, 0) is 60.0 Å². The minimum Gasteiger partial charge on any atom is -0.491 e. The fraction of sp³-hybridized carbons (Fsp3) is 0.478. The molecule has 1 atom stereocenters. The lowest BCUT2D eigenvalue weighted by atomic mass is 10.0. The quantitative estimate of drug-likeness (QED) is 0.582. The van der Waals surface area contributed by atoms with Crippen LogP contribution < -0.4 is 4.74 Å². The zero-order valence-electron chi connectivity index (χ0n) is 17.8. The molecule has 0 bridgehead atoms. The molecule has 30 heavy (non-hydrogen) atoms. The van der Waals surface area contributed by atoms with Crippen LogP contribution in [0.1, 0.15) is 43.7 Å². The number of rotatable bonds is 8. The minimum absolute atomic E-state index is 0.0319. The summed E-state index contributed by atoms with van der Waals surface area (Å²) in [7, 11) is 0. The Kier molecular flexibility index (Phi) is 7.78. The molecule has 1 aromatic carbocycles. The molecule has 2 heterocycles. The summed E-state index contributed by atoms with van der Waals surface area (Å²) < 4.78 is 6.01. The van der Waals surface area contributed by atoms with Gasteiger partial charge < -0.3 is 14.5 Å². The Labute approximate surface area is 187 Å². The molecular formula is C23H29ClN2O3S. The van der Waals surface area contributed by atoms with Crippen LogP contribution >= 0.6 is 22.9 Å². The molecule has 0 fully saturated rings. The molecule has 0 aliphatic carbocycles. The number of hydrogen-bond donors (Lipinski definition) is 0. The molecule has 162 valence electrons. The Morgan fingerprint density at radius 3 is 2.67 bits per heavy atom. The summed E-state index contributed by atoms with van der Waals surface area (Å²) in [5.74, 6) is 1.10. The summed E-state index contributed by atoms with van der Waals surface area (Å²) >= 11 is 7.68. The number of benzene rings is 1. The largest absolute Gasteiger partial charge is 0.491 e. The van der Waals surface area contributed by atoms with Crippen LogP contribution in [0.4, 0.5) is 0 Å². The van der Waals surface area contributed by atoms with Gasteiger partial charge in [0.1, 0.15) is 12.4 Å². The highest BCUT2D eigenvalue weighted by molar-refractivity contribution is 7.10. The van der Waals surface area contributed by atoms with Crippen LogP contribution in [0.25, 0.3) is 0 Å². The third kappa shape index (κ3) is 5.76. The van der Waals surface area contributed by atoms with Gasteiger partial charge in [-0.3, -0.25) is 9.59 Å². The summed E-state index contributed by atoms with van der Waals surface area (Å²) in [5.41, 5.74) is 1.14. The lowest BCUT2D eigenvalue weighted by molar-refractivity contribution is -0.142. The van der Waals surface area contributed by atoms with E-state index in [9.17, 15) is 9.59 Å². The van der Waals surface area contributed by atoms with Crippen LogP contribution in [0.5, 0.6) is 5.75 Å². The third-order valence-electron chi connectivity index (χ3n) is 5.38. The number of ether oxygens (including phenoxy) is 1. The van der Waals surface area contributed by atoms with Crippen LogP contribution in [0, 0.1) is 5.92 Å². The highest BCUT2D eigenvalue weighted by Crippen LogP contribution is 2.34. The molecule has 0 unspecified atom stereocenters. The standard InChI is InChI=1S/C23H29ClN2O3S/c1-16(2)8-11-25(17(3)27)14-23(28)26-12-9-22-20(10-13-30-22)21(26)15-29-19-6-4-18(24)5-7-19/h4-7,10,13,16,21H,8-9,11-12,14-15H2,1-3H3/t21-/m0/s1. The zero-order valence-corrected chi connectivity index (χ0v) is 19.3. The van der Waals surface area contributed by atoms with Gasteiger partial charge in [0, 0.05) is 29.9 Å². The number of carbonyl (C=O) groups excluding carboxylic acids is 2. The second kappa shape index (κ2) is 10.3. The molecule has 2 aromatic rings. The predicted molar refractivity (Wildman–Crippen MR) is 121 cm³/mol. The van der Waals surface area contributed by atoms with Crippen molar-refractivity contribution in [2.45, 2.75) is 39.7 Å². The van der Waals surface area contributed by atoms with E-state index in [-0.39, 0.29) is 24.4 Å². The lowest BCUT2D eigenvalue weighted by Gasteiger charge is -2.37. The van der Waals surface area contributed by atoms with Crippen LogP contribution in [0.3, 0.4) is 0 Å². The summed E-state index contributed by atoms with van der Waals surface area (Å²) in [5, 5.41) is 2.72. The van der Waals surface area contributed by atoms with Crippen molar-refractivity contribution in [3.63, 3.8) is 0 Å². The highest BCUT2D eigenvalue weighted by atomic mass is 35.5.